The van der Waals surface area contributed by atoms with E-state index in [0.717, 1.165) is 23.8 Å². The van der Waals surface area contributed by atoms with Crippen LogP contribution in [0.4, 0.5) is 0 Å². The molecule has 0 unspecified atom stereocenters. The van der Waals surface area contributed by atoms with Crippen LogP contribution in [0.15, 0.2) is 52.1 Å². The smallest absolute Gasteiger partial charge is 0.191 e. The van der Waals surface area contributed by atoms with E-state index < -0.39 is 0 Å². The summed E-state index contributed by atoms with van der Waals surface area (Å²) < 4.78 is 5.27. The Hall–Kier alpha value is -2.01. The molecule has 2 rings (SSSR count). The van der Waals surface area contributed by atoms with Crippen molar-refractivity contribution in [2.24, 2.45) is 4.99 Å². The maximum Gasteiger partial charge on any atom is 0.191 e. The molecule has 1 aromatic heterocycles. The second kappa shape index (κ2) is 9.84. The van der Waals surface area contributed by atoms with Crippen LogP contribution in [-0.4, -0.2) is 12.5 Å². The average Bonchev–Trinajstić information content (AvgIpc) is 3.04. The zero-order valence-corrected chi connectivity index (χ0v) is 14.7. The van der Waals surface area contributed by atoms with Crippen molar-refractivity contribution in [2.45, 2.75) is 20.0 Å². The quantitative estimate of drug-likeness (QED) is 0.452. The van der Waals surface area contributed by atoms with Crippen LogP contribution in [0.5, 0.6) is 0 Å². The highest BCUT2D eigenvalue weighted by molar-refractivity contribution is 14.0. The zero-order chi connectivity index (χ0) is 14.9. The normalized spacial score (nSPS) is 10.5. The molecule has 0 fully saturated rings. The summed E-state index contributed by atoms with van der Waals surface area (Å²) >= 11 is 0. The molecule has 2 N–H and O–H groups in total. The van der Waals surface area contributed by atoms with Gasteiger partial charge in [-0.1, -0.05) is 12.1 Å². The molecule has 0 radical (unpaired) electrons. The molecule has 0 spiro atoms. The number of nitriles is 1. The van der Waals surface area contributed by atoms with Crippen LogP contribution in [0.2, 0.25) is 0 Å². The molecule has 6 heteroatoms. The molecule has 2 aromatic rings. The van der Waals surface area contributed by atoms with Gasteiger partial charge in [-0.2, -0.15) is 5.26 Å². The molecular formula is C16H19IN4O. The van der Waals surface area contributed by atoms with E-state index in [2.05, 4.69) is 21.7 Å². The summed E-state index contributed by atoms with van der Waals surface area (Å²) in [4.78, 5) is 4.51. The zero-order valence-electron chi connectivity index (χ0n) is 12.4. The van der Waals surface area contributed by atoms with E-state index in [1.165, 1.54) is 0 Å². The lowest BCUT2D eigenvalue weighted by atomic mass is 10.1. The fourth-order valence-electron chi connectivity index (χ4n) is 1.78. The minimum absolute atomic E-state index is 0. The molecule has 1 aromatic carbocycles. The monoisotopic (exact) mass is 410 g/mol. The Morgan fingerprint density at radius 3 is 2.59 bits per heavy atom. The van der Waals surface area contributed by atoms with Gasteiger partial charge < -0.3 is 15.1 Å². The number of aliphatic imine (C=N–C) groups is 1. The Labute approximate surface area is 147 Å². The van der Waals surface area contributed by atoms with Gasteiger partial charge in [0.05, 0.1) is 31.0 Å². The number of furan rings is 1. The number of benzene rings is 1. The number of guanidine groups is 1. The van der Waals surface area contributed by atoms with Crippen molar-refractivity contribution in [1.82, 2.24) is 10.6 Å². The van der Waals surface area contributed by atoms with Gasteiger partial charge >= 0.3 is 0 Å². The van der Waals surface area contributed by atoms with Gasteiger partial charge in [-0.3, -0.25) is 0 Å². The minimum atomic E-state index is 0. The summed E-state index contributed by atoms with van der Waals surface area (Å²) in [5.41, 5.74) is 1.72. The standard InChI is InChI=1S/C16H18N4O.HI/c1-2-18-16(20-12-15-4-3-9-21-15)19-11-14-7-5-13(10-17)6-8-14;/h3-9H,2,11-12H2,1H3,(H2,18,19,20);1H. The number of nitrogens with one attached hydrogen (secondary N) is 2. The molecule has 0 saturated carbocycles. The van der Waals surface area contributed by atoms with Gasteiger partial charge in [0.2, 0.25) is 0 Å². The first-order chi connectivity index (χ1) is 10.3. The first kappa shape index (κ1) is 18.0. The number of nitrogens with zero attached hydrogens (tertiary/aromatic N) is 2. The summed E-state index contributed by atoms with van der Waals surface area (Å²) in [7, 11) is 0. The SMILES string of the molecule is CCNC(=NCc1ccc(C#N)cc1)NCc1ccco1.I. The summed E-state index contributed by atoms with van der Waals surface area (Å²) in [5, 5.41) is 15.2. The van der Waals surface area contributed by atoms with Crippen LogP contribution in [0.3, 0.4) is 0 Å². The Kier molecular flexibility index (Phi) is 8.07. The molecule has 116 valence electrons. The number of hydrogen-bond donors (Lipinski definition) is 2. The van der Waals surface area contributed by atoms with Gasteiger partial charge in [-0.25, -0.2) is 4.99 Å². The van der Waals surface area contributed by atoms with Crippen molar-refractivity contribution in [3.8, 4) is 6.07 Å². The van der Waals surface area contributed by atoms with Crippen molar-refractivity contribution >= 4 is 29.9 Å². The average molecular weight is 410 g/mol. The third kappa shape index (κ3) is 5.77. The van der Waals surface area contributed by atoms with Crippen LogP contribution in [0.25, 0.3) is 0 Å². The molecule has 0 aliphatic rings. The fourth-order valence-corrected chi connectivity index (χ4v) is 1.78. The van der Waals surface area contributed by atoms with Crippen LogP contribution >= 0.6 is 24.0 Å². The second-order valence-electron chi connectivity index (χ2n) is 4.44. The largest absolute Gasteiger partial charge is 0.467 e. The van der Waals surface area contributed by atoms with Gasteiger partial charge in [0, 0.05) is 6.54 Å². The van der Waals surface area contributed by atoms with Gasteiger partial charge in [-0.15, -0.1) is 24.0 Å². The van der Waals surface area contributed by atoms with E-state index in [1.807, 2.05) is 31.2 Å². The van der Waals surface area contributed by atoms with Gasteiger partial charge in [0.15, 0.2) is 5.96 Å². The Morgan fingerprint density at radius 2 is 2.00 bits per heavy atom. The molecule has 0 saturated heterocycles. The van der Waals surface area contributed by atoms with Crippen LogP contribution in [-0.2, 0) is 13.1 Å². The van der Waals surface area contributed by atoms with Gasteiger partial charge in [0.1, 0.15) is 5.76 Å². The molecule has 1 heterocycles. The topological polar surface area (TPSA) is 73.3 Å². The van der Waals surface area contributed by atoms with E-state index in [4.69, 9.17) is 9.68 Å². The third-order valence-corrected chi connectivity index (χ3v) is 2.86. The maximum atomic E-state index is 8.77. The van der Waals surface area contributed by atoms with E-state index in [9.17, 15) is 0 Å². The van der Waals surface area contributed by atoms with Crippen LogP contribution < -0.4 is 10.6 Å². The third-order valence-electron chi connectivity index (χ3n) is 2.86. The number of rotatable bonds is 5. The minimum Gasteiger partial charge on any atom is -0.467 e. The molecule has 0 aliphatic carbocycles. The lowest BCUT2D eigenvalue weighted by Gasteiger charge is -2.10. The van der Waals surface area contributed by atoms with E-state index >= 15 is 0 Å². The van der Waals surface area contributed by atoms with Crippen molar-refractivity contribution in [1.29, 1.82) is 5.26 Å². The van der Waals surface area contributed by atoms with E-state index in [1.54, 1.807) is 18.4 Å². The molecular weight excluding hydrogens is 391 g/mol. The number of hydrogen-bond acceptors (Lipinski definition) is 3. The Bertz CT molecular complexity index is 615. The highest BCUT2D eigenvalue weighted by Gasteiger charge is 2.00. The van der Waals surface area contributed by atoms with E-state index in [-0.39, 0.29) is 24.0 Å². The molecule has 0 atom stereocenters. The van der Waals surface area contributed by atoms with Gasteiger partial charge in [0.25, 0.3) is 0 Å². The summed E-state index contributed by atoms with van der Waals surface area (Å²) in [6, 6.07) is 13.3. The van der Waals surface area contributed by atoms with Crippen molar-refractivity contribution in [2.75, 3.05) is 6.54 Å². The predicted octanol–water partition coefficient (Wildman–Crippen LogP) is 3.02. The summed E-state index contributed by atoms with van der Waals surface area (Å²) in [5.74, 6) is 1.59. The lowest BCUT2D eigenvalue weighted by molar-refractivity contribution is 0.501. The lowest BCUT2D eigenvalue weighted by Crippen LogP contribution is -2.36. The molecule has 0 aliphatic heterocycles. The molecule has 0 bridgehead atoms. The Morgan fingerprint density at radius 1 is 1.23 bits per heavy atom. The van der Waals surface area contributed by atoms with E-state index in [0.29, 0.717) is 18.7 Å². The molecule has 0 amide bonds. The highest BCUT2D eigenvalue weighted by atomic mass is 127. The molecule has 5 nitrogen and oxygen atoms in total. The summed E-state index contributed by atoms with van der Waals surface area (Å²) in [6.07, 6.45) is 1.65. The second-order valence-corrected chi connectivity index (χ2v) is 4.44. The highest BCUT2D eigenvalue weighted by Crippen LogP contribution is 2.04. The van der Waals surface area contributed by atoms with Gasteiger partial charge in [-0.05, 0) is 36.8 Å². The van der Waals surface area contributed by atoms with Crippen LogP contribution in [0, 0.1) is 11.3 Å². The first-order valence-electron chi connectivity index (χ1n) is 6.85. The first-order valence-corrected chi connectivity index (χ1v) is 6.85. The fraction of sp³-hybridized carbons (Fsp3) is 0.250. The van der Waals surface area contributed by atoms with Crippen molar-refractivity contribution in [3.05, 3.63) is 59.5 Å². The maximum absolute atomic E-state index is 8.77. The molecule has 22 heavy (non-hydrogen) atoms. The van der Waals surface area contributed by atoms with Crippen molar-refractivity contribution < 1.29 is 4.42 Å². The van der Waals surface area contributed by atoms with Crippen molar-refractivity contribution in [3.63, 3.8) is 0 Å². The summed E-state index contributed by atoms with van der Waals surface area (Å²) in [6.45, 7) is 3.95. The van der Waals surface area contributed by atoms with Crippen LogP contribution in [0.1, 0.15) is 23.8 Å². The predicted molar refractivity (Wildman–Crippen MR) is 96.9 cm³/mol. The Balaban J connectivity index is 0.00000242. The number of halogens is 1.